The Morgan fingerprint density at radius 1 is 1.14 bits per heavy atom. The highest BCUT2D eigenvalue weighted by Crippen LogP contribution is 2.48. The van der Waals surface area contributed by atoms with Crippen LogP contribution in [0.4, 0.5) is 24.5 Å². The highest BCUT2D eigenvalue weighted by molar-refractivity contribution is 7.81. The Kier molecular flexibility index (Phi) is 5.51. The van der Waals surface area contributed by atoms with E-state index in [1.165, 1.54) is 6.07 Å². The van der Waals surface area contributed by atoms with Gasteiger partial charge in [0.2, 0.25) is 0 Å². The van der Waals surface area contributed by atoms with Crippen LogP contribution in [0.1, 0.15) is 49.4 Å². The third-order valence-corrected chi connectivity index (χ3v) is 8.16. The summed E-state index contributed by atoms with van der Waals surface area (Å²) >= 11 is 5.73. The third-order valence-electron chi connectivity index (χ3n) is 7.80. The van der Waals surface area contributed by atoms with Crippen molar-refractivity contribution < 1.29 is 18.0 Å². The summed E-state index contributed by atoms with van der Waals surface area (Å²) in [7, 11) is 0. The molecule has 2 saturated heterocycles. The number of aromatic nitrogens is 2. The molecular formula is C26H23F3N6OS. The van der Waals surface area contributed by atoms with Gasteiger partial charge in [0, 0.05) is 28.8 Å². The Morgan fingerprint density at radius 2 is 1.89 bits per heavy atom. The van der Waals surface area contributed by atoms with Crippen LogP contribution in [0.2, 0.25) is 0 Å². The minimum absolute atomic E-state index is 0.0896. The fourth-order valence-electron chi connectivity index (χ4n) is 5.78. The summed E-state index contributed by atoms with van der Waals surface area (Å²) in [5.41, 5.74) is -1.13. The van der Waals surface area contributed by atoms with Gasteiger partial charge in [-0.3, -0.25) is 9.69 Å². The average molecular weight is 525 g/mol. The zero-order valence-corrected chi connectivity index (χ0v) is 20.6. The second-order valence-corrected chi connectivity index (χ2v) is 10.2. The molecule has 1 N–H and O–H groups in total. The summed E-state index contributed by atoms with van der Waals surface area (Å²) in [6, 6.07) is 10.7. The van der Waals surface area contributed by atoms with Gasteiger partial charge >= 0.3 is 6.18 Å². The van der Waals surface area contributed by atoms with E-state index < -0.39 is 23.0 Å². The molecule has 3 aromatic rings. The first-order chi connectivity index (χ1) is 17.7. The van der Waals surface area contributed by atoms with Gasteiger partial charge in [0.25, 0.3) is 5.91 Å². The number of fused-ring (bicyclic) bond motifs is 1. The number of benzene rings is 1. The van der Waals surface area contributed by atoms with Gasteiger partial charge in [-0.1, -0.05) is 0 Å². The Balaban J connectivity index is 1.40. The molecule has 11 heteroatoms. The fraction of sp³-hybridized carbons (Fsp3) is 0.385. The predicted octanol–water partition coefficient (Wildman–Crippen LogP) is 4.91. The smallest absolute Gasteiger partial charge is 0.344 e. The van der Waals surface area contributed by atoms with Crippen LogP contribution in [0, 0.1) is 11.3 Å². The molecule has 37 heavy (non-hydrogen) atoms. The summed E-state index contributed by atoms with van der Waals surface area (Å²) < 4.78 is 43.1. The minimum Gasteiger partial charge on any atom is -0.344 e. The van der Waals surface area contributed by atoms with Gasteiger partial charge in [0.05, 0.1) is 17.4 Å². The summed E-state index contributed by atoms with van der Waals surface area (Å²) in [5.74, 6) is -0.365. The van der Waals surface area contributed by atoms with E-state index in [0.717, 1.165) is 66.1 Å². The number of nitriles is 1. The lowest BCUT2D eigenvalue weighted by Gasteiger charge is -2.43. The predicted molar refractivity (Wildman–Crippen MR) is 136 cm³/mol. The molecule has 1 aromatic carbocycles. The molecule has 1 amide bonds. The average Bonchev–Trinajstić information content (AvgIpc) is 3.39. The summed E-state index contributed by atoms with van der Waals surface area (Å²) in [4.78, 5) is 20.3. The maximum absolute atomic E-state index is 13.7. The lowest BCUT2D eigenvalue weighted by atomic mass is 9.75. The van der Waals surface area contributed by atoms with E-state index in [1.54, 1.807) is 4.90 Å². The quantitative estimate of drug-likeness (QED) is 0.491. The number of hydrogen-bond acceptors (Lipinski definition) is 5. The molecule has 3 fully saturated rings. The minimum atomic E-state index is -4.79. The number of nitrogens with one attached hydrogen (secondary N) is 1. The van der Waals surface area contributed by atoms with Crippen molar-refractivity contribution in [1.29, 1.82) is 5.26 Å². The van der Waals surface area contributed by atoms with Crippen LogP contribution >= 0.6 is 12.2 Å². The molecule has 0 radical (unpaired) electrons. The molecule has 1 aliphatic carbocycles. The van der Waals surface area contributed by atoms with Crippen molar-refractivity contribution >= 4 is 45.5 Å². The van der Waals surface area contributed by atoms with E-state index >= 15 is 0 Å². The van der Waals surface area contributed by atoms with Crippen molar-refractivity contribution in [2.45, 2.75) is 49.9 Å². The van der Waals surface area contributed by atoms with Gasteiger partial charge in [-0.05, 0) is 87.7 Å². The number of nitrogens with zero attached hydrogens (tertiary/aromatic N) is 5. The zero-order chi connectivity index (χ0) is 25.9. The molecule has 2 aliphatic heterocycles. The second kappa shape index (κ2) is 8.53. The van der Waals surface area contributed by atoms with Crippen molar-refractivity contribution in [1.82, 2.24) is 14.9 Å². The van der Waals surface area contributed by atoms with E-state index in [4.69, 9.17) is 17.5 Å². The summed E-state index contributed by atoms with van der Waals surface area (Å²) in [6.07, 6.45) is 2.41. The van der Waals surface area contributed by atoms with Crippen molar-refractivity contribution in [3.63, 3.8) is 0 Å². The van der Waals surface area contributed by atoms with Crippen molar-refractivity contribution in [2.24, 2.45) is 0 Å². The normalized spacial score (nSPS) is 20.1. The number of rotatable bonds is 3. The van der Waals surface area contributed by atoms with Crippen molar-refractivity contribution in [3.05, 3.63) is 54.0 Å². The molecule has 4 heterocycles. The molecule has 3 aliphatic rings. The highest BCUT2D eigenvalue weighted by Gasteiger charge is 2.59. The number of halogens is 3. The molecular weight excluding hydrogens is 501 g/mol. The number of hydrogen-bond donors (Lipinski definition) is 1. The van der Waals surface area contributed by atoms with Crippen LogP contribution in [-0.4, -0.2) is 39.2 Å². The first-order valence-electron chi connectivity index (χ1n) is 12.2. The van der Waals surface area contributed by atoms with Crippen LogP contribution in [0.5, 0.6) is 0 Å². The van der Waals surface area contributed by atoms with E-state index in [2.05, 4.69) is 21.1 Å². The molecule has 2 aromatic heterocycles. The Morgan fingerprint density at radius 3 is 2.54 bits per heavy atom. The lowest BCUT2D eigenvalue weighted by Crippen LogP contribution is -2.55. The Bertz CT molecular complexity index is 1470. The summed E-state index contributed by atoms with van der Waals surface area (Å²) in [6.45, 7) is 1.95. The highest BCUT2D eigenvalue weighted by atomic mass is 32.1. The van der Waals surface area contributed by atoms with Crippen LogP contribution in [0.25, 0.3) is 10.9 Å². The Hall–Kier alpha value is -3.49. The maximum atomic E-state index is 13.7. The van der Waals surface area contributed by atoms with Gasteiger partial charge in [-0.15, -0.1) is 0 Å². The van der Waals surface area contributed by atoms with Crippen LogP contribution in [0.3, 0.4) is 0 Å². The molecule has 0 bridgehead atoms. The van der Waals surface area contributed by atoms with Crippen LogP contribution in [-0.2, 0) is 11.0 Å². The van der Waals surface area contributed by atoms with E-state index in [0.29, 0.717) is 18.9 Å². The molecule has 1 saturated carbocycles. The second-order valence-electron chi connectivity index (χ2n) is 9.79. The number of amides is 1. The van der Waals surface area contributed by atoms with Crippen molar-refractivity contribution in [3.8, 4) is 6.07 Å². The molecule has 190 valence electrons. The number of carbonyl (C=O) groups is 1. The molecule has 0 unspecified atom stereocenters. The number of piperidine rings is 1. The Labute approximate surface area is 216 Å². The summed E-state index contributed by atoms with van der Waals surface area (Å²) in [5, 5.41) is 13.6. The molecule has 6 rings (SSSR count). The first kappa shape index (κ1) is 23.9. The van der Waals surface area contributed by atoms with E-state index in [1.807, 2.05) is 24.3 Å². The first-order valence-corrected chi connectivity index (χ1v) is 12.6. The van der Waals surface area contributed by atoms with E-state index in [-0.39, 0.29) is 16.7 Å². The van der Waals surface area contributed by atoms with Gasteiger partial charge in [-0.25, -0.2) is 4.98 Å². The number of thiocarbonyl (C=S) groups is 1. The van der Waals surface area contributed by atoms with Crippen LogP contribution < -0.4 is 15.1 Å². The monoisotopic (exact) mass is 524 g/mol. The molecule has 7 nitrogen and oxygen atoms in total. The molecule has 1 spiro atoms. The van der Waals surface area contributed by atoms with E-state index in [9.17, 15) is 18.0 Å². The molecule has 0 atom stereocenters. The number of carbonyl (C=O) groups excluding carboxylic acids is 1. The van der Waals surface area contributed by atoms with Gasteiger partial charge in [-0.2, -0.15) is 18.4 Å². The lowest BCUT2D eigenvalue weighted by molar-refractivity contribution is -0.138. The maximum Gasteiger partial charge on any atom is 0.419 e. The van der Waals surface area contributed by atoms with Crippen LogP contribution in [0.15, 0.2) is 42.7 Å². The number of alkyl halides is 3. The van der Waals surface area contributed by atoms with Gasteiger partial charge in [0.15, 0.2) is 10.8 Å². The number of anilines is 2. The largest absolute Gasteiger partial charge is 0.419 e. The third kappa shape index (κ3) is 3.61. The SMILES string of the molecule is N#Cc1ncc(N2C(=O)C3(CCC3)N(c3ccc4c(ccn4C4CCNCC4)c3)C2=S)cc1C(F)(F)F. The van der Waals surface area contributed by atoms with Crippen molar-refractivity contribution in [2.75, 3.05) is 22.9 Å². The fourth-order valence-corrected chi connectivity index (χ4v) is 6.25. The number of pyridine rings is 1. The zero-order valence-electron chi connectivity index (χ0n) is 19.8. The van der Waals surface area contributed by atoms with Gasteiger partial charge in [0.1, 0.15) is 11.6 Å². The van der Waals surface area contributed by atoms with Gasteiger partial charge < -0.3 is 14.8 Å². The topological polar surface area (TPSA) is 77.2 Å². The standard InChI is InChI=1S/C26H23F3N6OS/c27-26(28,29)20-13-19(15-32-21(20)14-30)34-23(36)25(7-1-8-25)35(24(34)37)18-2-3-22-16(12-18)6-11-33(22)17-4-9-31-10-5-17/h2-3,6,11-13,15,17,31H,1,4-5,7-10H2.